The number of carbonyl (C=O) groups excluding carboxylic acids is 1. The average molecular weight is 374 g/mol. The van der Waals surface area contributed by atoms with Gasteiger partial charge in [-0.1, -0.05) is 57.8 Å². The van der Waals surface area contributed by atoms with Crippen molar-refractivity contribution in [2.45, 2.75) is 70.6 Å². The summed E-state index contributed by atoms with van der Waals surface area (Å²) >= 11 is 0. The third kappa shape index (κ3) is 12.0. The van der Waals surface area contributed by atoms with Crippen LogP contribution in [0.25, 0.3) is 5.73 Å². The molecule has 0 aromatic heterocycles. The summed E-state index contributed by atoms with van der Waals surface area (Å²) < 4.78 is 0. The Morgan fingerprint density at radius 1 is 0.722 bits per heavy atom. The Morgan fingerprint density at radius 2 is 1.00 bits per heavy atom. The van der Waals surface area contributed by atoms with Crippen molar-refractivity contribution < 1.29 is 31.0 Å². The van der Waals surface area contributed by atoms with Crippen LogP contribution in [0, 0.1) is 5.92 Å². The minimum Gasteiger partial charge on any atom is -0.668 e. The number of halogens is 2. The van der Waals surface area contributed by atoms with Crippen LogP contribution in [-0.4, -0.2) is 5.91 Å². The van der Waals surface area contributed by atoms with E-state index >= 15 is 0 Å². The summed E-state index contributed by atoms with van der Waals surface area (Å²) in [6.45, 7) is 0. The van der Waals surface area contributed by atoms with Gasteiger partial charge in [0, 0.05) is 32.1 Å². The number of nitrogens with one attached hydrogen (secondary N) is 1. The van der Waals surface area contributed by atoms with Gasteiger partial charge < -0.3 is 10.5 Å². The normalized spacial score (nSPS) is 18.9. The quantitative estimate of drug-likeness (QED) is 0.612. The molecule has 0 aliphatic heterocycles. The fraction of sp³-hybridized carbons (Fsp3) is 0.923. The molecular weight excluding hydrogens is 348 g/mol. The molecule has 5 heteroatoms. The van der Waals surface area contributed by atoms with Crippen LogP contribution in [0.3, 0.4) is 0 Å². The summed E-state index contributed by atoms with van der Waals surface area (Å²) in [5, 5.41) is 0. The standard InChI is InChI=1S/C13H25NO.2ClH.Zr/c14-13(15)12-10-8-6-4-2-1-3-5-7-9-11-12;;;/h12H,1-11H2,(H2,14,15);2*1H;/p-1. The van der Waals surface area contributed by atoms with E-state index < -0.39 is 0 Å². The van der Waals surface area contributed by atoms with Gasteiger partial charge in [-0.25, -0.2) is 0 Å². The summed E-state index contributed by atoms with van der Waals surface area (Å²) in [5.74, 6) is -0.281. The molecule has 0 aromatic rings. The van der Waals surface area contributed by atoms with Gasteiger partial charge in [-0.3, -0.25) is 0 Å². The van der Waals surface area contributed by atoms with E-state index in [2.05, 4.69) is 0 Å². The first-order chi connectivity index (χ1) is 7.30. The molecule has 18 heavy (non-hydrogen) atoms. The van der Waals surface area contributed by atoms with Crippen LogP contribution in [0.4, 0.5) is 0 Å². The van der Waals surface area contributed by atoms with E-state index in [0.29, 0.717) is 0 Å². The summed E-state index contributed by atoms with van der Waals surface area (Å²) in [6.07, 6.45) is 13.5. The van der Waals surface area contributed by atoms with Gasteiger partial charge in [0.2, 0.25) is 0 Å². The Morgan fingerprint density at radius 3 is 1.28 bits per heavy atom. The van der Waals surface area contributed by atoms with Gasteiger partial charge in [0.25, 0.3) is 0 Å². The van der Waals surface area contributed by atoms with Crippen LogP contribution >= 0.6 is 24.8 Å². The second kappa shape index (κ2) is 16.0. The van der Waals surface area contributed by atoms with Gasteiger partial charge in [0.1, 0.15) is 0 Å². The van der Waals surface area contributed by atoms with Gasteiger partial charge in [-0.2, -0.15) is 0 Å². The van der Waals surface area contributed by atoms with Crippen LogP contribution < -0.4 is 0 Å². The Hall–Kier alpha value is 0.933. The summed E-state index contributed by atoms with van der Waals surface area (Å²) in [5.41, 5.74) is 7.23. The molecule has 108 valence electrons. The van der Waals surface area contributed by atoms with Crippen molar-refractivity contribution in [1.29, 1.82) is 0 Å². The van der Waals surface area contributed by atoms with Crippen LogP contribution in [0.5, 0.6) is 0 Å². The topological polar surface area (TPSA) is 40.9 Å². The Labute approximate surface area is 143 Å². The molecule has 0 unspecified atom stereocenters. The molecule has 0 saturated heterocycles. The number of hydrogen-bond donors (Lipinski definition) is 0. The SMILES string of the molecule is Cl.Cl.[NH-]C(=O)C1CCCCCCCCCCC1.[Zr]. The second-order valence-electron chi connectivity index (χ2n) is 4.82. The number of amides is 1. The van der Waals surface area contributed by atoms with Crippen LogP contribution in [-0.2, 0) is 31.0 Å². The minimum absolute atomic E-state index is 0. The Balaban J connectivity index is -0.000000750. The molecule has 2 nitrogen and oxygen atoms in total. The van der Waals surface area contributed by atoms with E-state index in [4.69, 9.17) is 5.73 Å². The third-order valence-corrected chi connectivity index (χ3v) is 3.48. The summed E-state index contributed by atoms with van der Waals surface area (Å²) in [7, 11) is 0. The maximum absolute atomic E-state index is 11.1. The molecule has 0 heterocycles. The third-order valence-electron chi connectivity index (χ3n) is 3.48. The first-order valence-electron chi connectivity index (χ1n) is 6.56. The van der Waals surface area contributed by atoms with E-state index in [1.807, 2.05) is 0 Å². The number of hydrogen-bond acceptors (Lipinski definition) is 1. The van der Waals surface area contributed by atoms with Crippen molar-refractivity contribution >= 4 is 30.7 Å². The fourth-order valence-electron chi connectivity index (χ4n) is 2.43. The zero-order chi connectivity index (χ0) is 10.9. The predicted molar refractivity (Wildman–Crippen MR) is 78.1 cm³/mol. The van der Waals surface area contributed by atoms with Crippen LogP contribution in [0.2, 0.25) is 0 Å². The van der Waals surface area contributed by atoms with Crippen LogP contribution in [0.1, 0.15) is 70.6 Å². The van der Waals surface area contributed by atoms with Crippen LogP contribution in [0.15, 0.2) is 0 Å². The maximum atomic E-state index is 11.1. The van der Waals surface area contributed by atoms with E-state index in [0.717, 1.165) is 25.7 Å². The fourth-order valence-corrected chi connectivity index (χ4v) is 2.43. The smallest absolute Gasteiger partial charge is 0.0519 e. The Bertz CT molecular complexity index is 182. The molecule has 0 aromatic carbocycles. The molecule has 0 spiro atoms. The van der Waals surface area contributed by atoms with E-state index in [1.54, 1.807) is 0 Å². The first-order valence-corrected chi connectivity index (χ1v) is 6.56. The molecule has 1 rings (SSSR count). The molecule has 1 aliphatic carbocycles. The predicted octanol–water partition coefficient (Wildman–Crippen LogP) is 5.33. The van der Waals surface area contributed by atoms with Gasteiger partial charge in [0.15, 0.2) is 0 Å². The summed E-state index contributed by atoms with van der Waals surface area (Å²) in [4.78, 5) is 11.1. The summed E-state index contributed by atoms with van der Waals surface area (Å²) in [6, 6.07) is 0. The molecule has 0 radical (unpaired) electrons. The van der Waals surface area contributed by atoms with E-state index in [-0.39, 0.29) is 62.8 Å². The molecular formula is C13H26Cl2NOZr-. The zero-order valence-corrected chi connectivity index (χ0v) is 15.2. The number of rotatable bonds is 1. The van der Waals surface area contributed by atoms with Crippen molar-refractivity contribution in [3.05, 3.63) is 5.73 Å². The van der Waals surface area contributed by atoms with Gasteiger partial charge >= 0.3 is 0 Å². The van der Waals surface area contributed by atoms with Crippen molar-refractivity contribution in [2.75, 3.05) is 0 Å². The van der Waals surface area contributed by atoms with Crippen molar-refractivity contribution in [3.63, 3.8) is 0 Å². The molecule has 0 bridgehead atoms. The van der Waals surface area contributed by atoms with Gasteiger partial charge in [-0.05, 0) is 12.8 Å². The van der Waals surface area contributed by atoms with E-state index in [9.17, 15) is 4.79 Å². The van der Waals surface area contributed by atoms with Gasteiger partial charge in [0.05, 0.1) is 5.91 Å². The van der Waals surface area contributed by atoms with Crippen molar-refractivity contribution in [1.82, 2.24) is 0 Å². The molecule has 1 N–H and O–H groups in total. The minimum atomic E-state index is -0.327. The monoisotopic (exact) mass is 372 g/mol. The second-order valence-corrected chi connectivity index (χ2v) is 4.82. The average Bonchev–Trinajstić information content (AvgIpc) is 2.18. The first kappa shape index (κ1) is 24.0. The zero-order valence-electron chi connectivity index (χ0n) is 11.1. The van der Waals surface area contributed by atoms with E-state index in [1.165, 1.54) is 44.9 Å². The van der Waals surface area contributed by atoms with Crippen molar-refractivity contribution in [2.24, 2.45) is 5.92 Å². The van der Waals surface area contributed by atoms with Gasteiger partial charge in [-0.15, -0.1) is 24.8 Å². The van der Waals surface area contributed by atoms with Crippen molar-refractivity contribution in [3.8, 4) is 0 Å². The maximum Gasteiger partial charge on any atom is 0.0519 e. The molecule has 0 atom stereocenters. The number of carbonyl (C=O) groups is 1. The Kier molecular flexibility index (Phi) is 21.3. The molecule has 1 fully saturated rings. The largest absolute Gasteiger partial charge is 0.668 e. The molecule has 1 aliphatic rings. The molecule has 1 saturated carbocycles. The molecule has 1 amide bonds.